The van der Waals surface area contributed by atoms with Crippen molar-refractivity contribution in [3.8, 4) is 22.8 Å². The molecular weight excluding hydrogens is 472 g/mol. The van der Waals surface area contributed by atoms with Crippen molar-refractivity contribution in [3.63, 3.8) is 0 Å². The molecule has 0 fully saturated rings. The van der Waals surface area contributed by atoms with Gasteiger partial charge < -0.3 is 15.8 Å². The number of nitrogens with two attached hydrogens (primary N) is 1. The Bertz CT molecular complexity index is 1260. The zero-order valence-corrected chi connectivity index (χ0v) is 21.9. The minimum absolute atomic E-state index is 0.395. The molecule has 2 aromatic heterocycles. The van der Waals surface area contributed by atoms with Crippen LogP contribution >= 0.6 is 0 Å². The van der Waals surface area contributed by atoms with Gasteiger partial charge >= 0.3 is 6.09 Å². The number of aryl methyl sites for hydroxylation is 2. The molecule has 0 atom stereocenters. The number of tetrazole rings is 2. The maximum absolute atomic E-state index is 11.5. The van der Waals surface area contributed by atoms with E-state index < -0.39 is 11.7 Å². The Kier molecular flexibility index (Phi) is 9.39. The lowest BCUT2D eigenvalue weighted by molar-refractivity contribution is 0.0528. The van der Waals surface area contributed by atoms with Crippen LogP contribution in [0.25, 0.3) is 22.8 Å². The number of carbonyl (C=O) groups excluding carboxylic acids is 1. The Morgan fingerprint density at radius 2 is 1.30 bits per heavy atom. The highest BCUT2D eigenvalue weighted by Gasteiger charge is 2.15. The predicted molar refractivity (Wildman–Crippen MR) is 139 cm³/mol. The number of ether oxygens (including phenoxy) is 1. The molecule has 0 saturated carbocycles. The number of benzene rings is 2. The van der Waals surface area contributed by atoms with Crippen molar-refractivity contribution < 1.29 is 9.53 Å². The van der Waals surface area contributed by atoms with E-state index in [0.717, 1.165) is 29.5 Å². The second-order valence-electron chi connectivity index (χ2n) is 9.32. The molecule has 0 aliphatic rings. The molecule has 2 aromatic carbocycles. The largest absolute Gasteiger partial charge is 0.444 e. The number of nitrogens with zero attached hydrogens (tertiary/aromatic N) is 8. The van der Waals surface area contributed by atoms with E-state index in [1.807, 2.05) is 69.3 Å². The summed E-state index contributed by atoms with van der Waals surface area (Å²) in [4.78, 5) is 14.4. The molecule has 0 saturated heterocycles. The van der Waals surface area contributed by atoms with E-state index in [2.05, 4.69) is 36.1 Å². The van der Waals surface area contributed by atoms with Crippen molar-refractivity contribution >= 4 is 6.09 Å². The molecule has 37 heavy (non-hydrogen) atoms. The van der Waals surface area contributed by atoms with Gasteiger partial charge in [-0.15, -0.1) is 20.4 Å². The van der Waals surface area contributed by atoms with Crippen LogP contribution in [-0.2, 0) is 31.7 Å². The number of rotatable bonds is 7. The Morgan fingerprint density at radius 3 is 1.68 bits per heavy atom. The average Bonchev–Trinajstić information content (AvgIpc) is 3.48. The summed E-state index contributed by atoms with van der Waals surface area (Å²) < 4.78 is 5.18. The van der Waals surface area contributed by atoms with Crippen LogP contribution in [0.5, 0.6) is 0 Å². The molecule has 2 heterocycles. The molecule has 4 rings (SSSR count). The Hall–Kier alpha value is -4.19. The van der Waals surface area contributed by atoms with Gasteiger partial charge in [-0.2, -0.15) is 9.59 Å². The van der Waals surface area contributed by atoms with E-state index in [0.29, 0.717) is 24.7 Å². The smallest absolute Gasteiger partial charge is 0.407 e. The standard InChI is InChI=1S/C15H21N5O2.C10H13N5/c1-15(2,3)22-14(21)16-10-9-11-5-7-12(8-6-11)13-17-19-20(4)18-13;1-15-13-10(12-14-15)9-4-2-8(3-5-9)6-7-11/h5-8H,9-10H2,1-4H3,(H,16,21);2-5H,6-7,11H2,1H3. The zero-order valence-electron chi connectivity index (χ0n) is 21.9. The number of aromatic nitrogens is 8. The van der Waals surface area contributed by atoms with E-state index in [9.17, 15) is 4.79 Å². The fourth-order valence-electron chi connectivity index (χ4n) is 3.23. The molecule has 0 spiro atoms. The minimum Gasteiger partial charge on any atom is -0.444 e. The highest BCUT2D eigenvalue weighted by atomic mass is 16.6. The average molecular weight is 507 g/mol. The van der Waals surface area contributed by atoms with Gasteiger partial charge in [0.15, 0.2) is 0 Å². The lowest BCUT2D eigenvalue weighted by Crippen LogP contribution is -2.33. The molecule has 3 N–H and O–H groups in total. The summed E-state index contributed by atoms with van der Waals surface area (Å²) >= 11 is 0. The van der Waals surface area contributed by atoms with Crippen LogP contribution in [-0.4, -0.2) is 65.2 Å². The maximum Gasteiger partial charge on any atom is 0.407 e. The third-order valence-electron chi connectivity index (χ3n) is 4.96. The molecule has 0 aliphatic heterocycles. The van der Waals surface area contributed by atoms with Crippen LogP contribution in [0.15, 0.2) is 48.5 Å². The first-order valence-corrected chi connectivity index (χ1v) is 12.0. The van der Waals surface area contributed by atoms with Crippen molar-refractivity contribution in [1.82, 2.24) is 45.7 Å². The Morgan fingerprint density at radius 1 is 0.838 bits per heavy atom. The second kappa shape index (κ2) is 12.7. The molecule has 1 amide bonds. The van der Waals surface area contributed by atoms with Crippen molar-refractivity contribution in [1.29, 1.82) is 0 Å². The molecule has 4 aromatic rings. The van der Waals surface area contributed by atoms with Gasteiger partial charge in [0, 0.05) is 17.7 Å². The van der Waals surface area contributed by atoms with Gasteiger partial charge in [-0.3, -0.25) is 0 Å². The fourth-order valence-corrected chi connectivity index (χ4v) is 3.23. The topological polar surface area (TPSA) is 152 Å². The van der Waals surface area contributed by atoms with Crippen LogP contribution in [0.1, 0.15) is 31.9 Å². The fraction of sp³-hybridized carbons (Fsp3) is 0.400. The van der Waals surface area contributed by atoms with Crippen LogP contribution in [0.4, 0.5) is 4.79 Å². The molecular formula is C25H34N10O2. The lowest BCUT2D eigenvalue weighted by Gasteiger charge is -2.19. The van der Waals surface area contributed by atoms with Crippen LogP contribution in [0.2, 0.25) is 0 Å². The second-order valence-corrected chi connectivity index (χ2v) is 9.32. The molecule has 12 heteroatoms. The van der Waals surface area contributed by atoms with Crippen molar-refractivity contribution in [2.24, 2.45) is 19.8 Å². The summed E-state index contributed by atoms with van der Waals surface area (Å²) in [6.07, 6.45) is 1.23. The molecule has 12 nitrogen and oxygen atoms in total. The number of carbonyl (C=O) groups is 1. The predicted octanol–water partition coefficient (Wildman–Crippen LogP) is 2.32. The van der Waals surface area contributed by atoms with Crippen molar-refractivity contribution in [2.75, 3.05) is 13.1 Å². The van der Waals surface area contributed by atoms with Gasteiger partial charge in [0.1, 0.15) is 5.60 Å². The number of amides is 1. The van der Waals surface area contributed by atoms with E-state index >= 15 is 0 Å². The third kappa shape index (κ3) is 9.08. The first-order chi connectivity index (χ1) is 17.6. The number of alkyl carbamates (subject to hydrolysis) is 1. The summed E-state index contributed by atoms with van der Waals surface area (Å²) in [5.74, 6) is 1.25. The molecule has 0 radical (unpaired) electrons. The zero-order chi connectivity index (χ0) is 26.8. The summed E-state index contributed by atoms with van der Waals surface area (Å²) in [6, 6.07) is 15.9. The van der Waals surface area contributed by atoms with E-state index in [1.54, 1.807) is 14.1 Å². The quantitative estimate of drug-likeness (QED) is 0.385. The summed E-state index contributed by atoms with van der Waals surface area (Å²) in [5.41, 5.74) is 9.23. The first kappa shape index (κ1) is 27.4. The normalized spacial score (nSPS) is 11.0. The highest BCUT2D eigenvalue weighted by molar-refractivity contribution is 5.67. The van der Waals surface area contributed by atoms with Crippen molar-refractivity contribution in [3.05, 3.63) is 59.7 Å². The Labute approximate surface area is 216 Å². The minimum atomic E-state index is -0.477. The van der Waals surface area contributed by atoms with Gasteiger partial charge in [0.05, 0.1) is 14.1 Å². The van der Waals surface area contributed by atoms with Gasteiger partial charge in [-0.05, 0) is 61.7 Å². The molecule has 196 valence electrons. The SMILES string of the molecule is Cn1nnc(-c2ccc(CCN)cc2)n1.Cn1nnc(-c2ccc(CCNC(=O)OC(C)(C)C)cc2)n1. The maximum atomic E-state index is 11.5. The van der Waals surface area contributed by atoms with Crippen LogP contribution < -0.4 is 11.1 Å². The number of hydrogen-bond donors (Lipinski definition) is 2. The summed E-state index contributed by atoms with van der Waals surface area (Å²) in [6.45, 7) is 6.71. The van der Waals surface area contributed by atoms with Gasteiger partial charge in [0.25, 0.3) is 0 Å². The van der Waals surface area contributed by atoms with Gasteiger partial charge in [-0.25, -0.2) is 4.79 Å². The lowest BCUT2D eigenvalue weighted by atomic mass is 10.1. The monoisotopic (exact) mass is 506 g/mol. The van der Waals surface area contributed by atoms with Crippen molar-refractivity contribution in [2.45, 2.75) is 39.2 Å². The van der Waals surface area contributed by atoms with E-state index in [1.165, 1.54) is 15.2 Å². The summed E-state index contributed by atoms with van der Waals surface area (Å²) in [7, 11) is 3.48. The molecule has 0 bridgehead atoms. The van der Waals surface area contributed by atoms with Crippen LogP contribution in [0.3, 0.4) is 0 Å². The number of hydrogen-bond acceptors (Lipinski definition) is 9. The van der Waals surface area contributed by atoms with E-state index in [4.69, 9.17) is 10.5 Å². The molecule has 0 unspecified atom stereocenters. The first-order valence-electron chi connectivity index (χ1n) is 12.0. The molecule has 0 aliphatic carbocycles. The number of nitrogens with one attached hydrogen (secondary N) is 1. The summed E-state index contributed by atoms with van der Waals surface area (Å²) in [5, 5.41) is 26.5. The van der Waals surface area contributed by atoms with Crippen LogP contribution in [0, 0.1) is 0 Å². The van der Waals surface area contributed by atoms with E-state index in [-0.39, 0.29) is 0 Å². The van der Waals surface area contributed by atoms with Gasteiger partial charge in [-0.1, -0.05) is 48.5 Å². The third-order valence-corrected chi connectivity index (χ3v) is 4.96. The Balaban J connectivity index is 0.000000220. The highest BCUT2D eigenvalue weighted by Crippen LogP contribution is 2.15. The van der Waals surface area contributed by atoms with Gasteiger partial charge in [0.2, 0.25) is 11.6 Å².